The van der Waals surface area contributed by atoms with Crippen molar-refractivity contribution in [3.8, 4) is 17.1 Å². The van der Waals surface area contributed by atoms with Gasteiger partial charge in [-0.05, 0) is 42.6 Å². The summed E-state index contributed by atoms with van der Waals surface area (Å²) in [6.45, 7) is 1.48. The van der Waals surface area contributed by atoms with Gasteiger partial charge in [-0.15, -0.1) is 0 Å². The van der Waals surface area contributed by atoms with Crippen molar-refractivity contribution < 1.29 is 18.8 Å². The zero-order chi connectivity index (χ0) is 16.9. The molecule has 0 aliphatic rings. The van der Waals surface area contributed by atoms with Crippen LogP contribution in [-0.4, -0.2) is 21.9 Å². The zero-order valence-electron chi connectivity index (χ0n) is 12.9. The molecule has 0 fully saturated rings. The van der Waals surface area contributed by atoms with Crippen molar-refractivity contribution >= 4 is 23.1 Å². The predicted octanol–water partition coefficient (Wildman–Crippen LogP) is 3.54. The van der Waals surface area contributed by atoms with Crippen LogP contribution in [0.2, 0.25) is 0 Å². The van der Waals surface area contributed by atoms with Gasteiger partial charge < -0.3 is 9.26 Å². The molecule has 0 amide bonds. The van der Waals surface area contributed by atoms with E-state index in [9.17, 15) is 9.59 Å². The average Bonchev–Trinajstić information content (AvgIpc) is 3.25. The first kappa shape index (κ1) is 16.1. The van der Waals surface area contributed by atoms with E-state index < -0.39 is 5.97 Å². The topological polar surface area (TPSA) is 82.3 Å². The number of Topliss-reactive ketones (excluding diaryl/α,β-unsaturated/α-hetero) is 1. The SMILES string of the molecule is CC(=O)c1ccc(OC(=O)CCc2nc(-c3ccsc3)no2)cc1. The summed E-state index contributed by atoms with van der Waals surface area (Å²) in [7, 11) is 0. The first-order valence-corrected chi connectivity index (χ1v) is 8.23. The number of esters is 1. The lowest BCUT2D eigenvalue weighted by molar-refractivity contribution is -0.134. The largest absolute Gasteiger partial charge is 0.427 e. The zero-order valence-corrected chi connectivity index (χ0v) is 13.7. The maximum atomic E-state index is 11.9. The van der Waals surface area contributed by atoms with E-state index in [4.69, 9.17) is 9.26 Å². The second kappa shape index (κ2) is 7.18. The Morgan fingerprint density at radius 2 is 2.00 bits per heavy atom. The summed E-state index contributed by atoms with van der Waals surface area (Å²) in [6.07, 6.45) is 0.432. The number of carbonyl (C=O) groups excluding carboxylic acids is 2. The lowest BCUT2D eigenvalue weighted by Crippen LogP contribution is -2.09. The van der Waals surface area contributed by atoms with Crippen molar-refractivity contribution in [1.82, 2.24) is 10.1 Å². The second-order valence-electron chi connectivity index (χ2n) is 5.08. The molecule has 0 saturated carbocycles. The Hall–Kier alpha value is -2.80. The number of nitrogens with zero attached hydrogens (tertiary/aromatic N) is 2. The van der Waals surface area contributed by atoms with Gasteiger partial charge in [0.05, 0.1) is 6.42 Å². The van der Waals surface area contributed by atoms with Crippen LogP contribution in [0.5, 0.6) is 5.75 Å². The summed E-state index contributed by atoms with van der Waals surface area (Å²) in [5, 5.41) is 7.74. The quantitative estimate of drug-likeness (QED) is 0.387. The monoisotopic (exact) mass is 342 g/mol. The Morgan fingerprint density at radius 3 is 2.67 bits per heavy atom. The fraction of sp³-hybridized carbons (Fsp3) is 0.176. The van der Waals surface area contributed by atoms with Crippen molar-refractivity contribution in [3.63, 3.8) is 0 Å². The Kier molecular flexibility index (Phi) is 4.81. The number of aryl methyl sites for hydroxylation is 1. The van der Waals surface area contributed by atoms with Crippen molar-refractivity contribution in [1.29, 1.82) is 0 Å². The van der Waals surface area contributed by atoms with Crippen molar-refractivity contribution in [3.05, 3.63) is 52.5 Å². The molecule has 7 heteroatoms. The Morgan fingerprint density at radius 1 is 1.21 bits per heavy atom. The van der Waals surface area contributed by atoms with Crippen LogP contribution in [0.1, 0.15) is 29.6 Å². The van der Waals surface area contributed by atoms with Gasteiger partial charge in [0.25, 0.3) is 0 Å². The van der Waals surface area contributed by atoms with Crippen molar-refractivity contribution in [2.75, 3.05) is 0 Å². The van der Waals surface area contributed by atoms with Crippen LogP contribution < -0.4 is 4.74 Å². The molecule has 1 aromatic carbocycles. The van der Waals surface area contributed by atoms with Gasteiger partial charge in [0.1, 0.15) is 5.75 Å². The molecule has 2 heterocycles. The number of thiophene rings is 1. The summed E-state index contributed by atoms with van der Waals surface area (Å²) in [5.74, 6) is 0.862. The maximum Gasteiger partial charge on any atom is 0.311 e. The molecule has 3 aromatic rings. The molecule has 0 N–H and O–H groups in total. The van der Waals surface area contributed by atoms with Gasteiger partial charge in [0, 0.05) is 22.9 Å². The minimum atomic E-state index is -0.402. The molecular formula is C17H14N2O4S. The van der Waals surface area contributed by atoms with Crippen LogP contribution in [0, 0.1) is 0 Å². The molecule has 0 unspecified atom stereocenters. The highest BCUT2D eigenvalue weighted by molar-refractivity contribution is 7.08. The Labute approximate surface area is 142 Å². The predicted molar refractivity (Wildman–Crippen MR) is 88.0 cm³/mol. The van der Waals surface area contributed by atoms with Crippen molar-refractivity contribution in [2.45, 2.75) is 19.8 Å². The van der Waals surface area contributed by atoms with Gasteiger partial charge in [0.2, 0.25) is 11.7 Å². The number of hydrogen-bond donors (Lipinski definition) is 0. The Balaban J connectivity index is 1.53. The van der Waals surface area contributed by atoms with E-state index in [1.54, 1.807) is 35.6 Å². The number of benzene rings is 1. The second-order valence-corrected chi connectivity index (χ2v) is 5.86. The molecule has 0 atom stereocenters. The molecule has 24 heavy (non-hydrogen) atoms. The molecular weight excluding hydrogens is 328 g/mol. The molecule has 0 bridgehead atoms. The number of aromatic nitrogens is 2. The average molecular weight is 342 g/mol. The summed E-state index contributed by atoms with van der Waals surface area (Å²) in [5.41, 5.74) is 1.46. The normalized spacial score (nSPS) is 10.5. The van der Waals surface area contributed by atoms with Gasteiger partial charge >= 0.3 is 5.97 Å². The van der Waals surface area contributed by atoms with Crippen LogP contribution in [0.25, 0.3) is 11.4 Å². The molecule has 0 aliphatic carbocycles. The number of ketones is 1. The van der Waals surface area contributed by atoms with E-state index >= 15 is 0 Å². The van der Waals surface area contributed by atoms with E-state index in [1.807, 2.05) is 16.8 Å². The molecule has 0 saturated heterocycles. The van der Waals surface area contributed by atoms with E-state index in [1.165, 1.54) is 6.92 Å². The van der Waals surface area contributed by atoms with E-state index in [0.717, 1.165) is 5.56 Å². The number of carbonyl (C=O) groups is 2. The van der Waals surface area contributed by atoms with Crippen LogP contribution in [-0.2, 0) is 11.2 Å². The van der Waals surface area contributed by atoms with Gasteiger partial charge in [-0.25, -0.2) is 0 Å². The smallest absolute Gasteiger partial charge is 0.311 e. The lowest BCUT2D eigenvalue weighted by atomic mass is 10.1. The minimum absolute atomic E-state index is 0.0364. The van der Waals surface area contributed by atoms with E-state index in [0.29, 0.717) is 29.4 Å². The molecule has 3 rings (SSSR count). The summed E-state index contributed by atoms with van der Waals surface area (Å²) < 4.78 is 10.3. The summed E-state index contributed by atoms with van der Waals surface area (Å²) in [4.78, 5) is 27.3. The summed E-state index contributed by atoms with van der Waals surface area (Å²) in [6, 6.07) is 8.33. The minimum Gasteiger partial charge on any atom is -0.427 e. The van der Waals surface area contributed by atoms with Gasteiger partial charge in [-0.1, -0.05) is 5.16 Å². The maximum absolute atomic E-state index is 11.9. The van der Waals surface area contributed by atoms with Gasteiger partial charge in [0.15, 0.2) is 5.78 Å². The number of hydrogen-bond acceptors (Lipinski definition) is 7. The molecule has 0 radical (unpaired) electrons. The molecule has 122 valence electrons. The number of ether oxygens (including phenoxy) is 1. The first-order chi connectivity index (χ1) is 11.6. The molecule has 0 spiro atoms. The lowest BCUT2D eigenvalue weighted by Gasteiger charge is -2.03. The fourth-order valence-corrected chi connectivity index (χ4v) is 2.65. The van der Waals surface area contributed by atoms with Crippen LogP contribution in [0.15, 0.2) is 45.6 Å². The molecule has 6 nitrogen and oxygen atoms in total. The van der Waals surface area contributed by atoms with E-state index in [2.05, 4.69) is 10.1 Å². The Bertz CT molecular complexity index is 838. The highest BCUT2D eigenvalue weighted by atomic mass is 32.1. The highest BCUT2D eigenvalue weighted by Gasteiger charge is 2.12. The van der Waals surface area contributed by atoms with Crippen LogP contribution in [0.3, 0.4) is 0 Å². The third kappa shape index (κ3) is 3.94. The third-order valence-corrected chi connectivity index (χ3v) is 3.97. The van der Waals surface area contributed by atoms with E-state index in [-0.39, 0.29) is 12.2 Å². The first-order valence-electron chi connectivity index (χ1n) is 7.28. The molecule has 2 aromatic heterocycles. The highest BCUT2D eigenvalue weighted by Crippen LogP contribution is 2.19. The van der Waals surface area contributed by atoms with Crippen LogP contribution in [0.4, 0.5) is 0 Å². The third-order valence-electron chi connectivity index (χ3n) is 3.28. The van der Waals surface area contributed by atoms with Crippen LogP contribution >= 0.6 is 11.3 Å². The molecule has 0 aliphatic heterocycles. The fourth-order valence-electron chi connectivity index (χ4n) is 2.01. The summed E-state index contributed by atoms with van der Waals surface area (Å²) >= 11 is 1.55. The van der Waals surface area contributed by atoms with Crippen molar-refractivity contribution in [2.24, 2.45) is 0 Å². The number of rotatable bonds is 6. The standard InChI is InChI=1S/C17H14N2O4S/c1-11(20)12-2-4-14(5-3-12)22-16(21)7-6-15-18-17(19-23-15)13-8-9-24-10-13/h2-5,8-10H,6-7H2,1H3. The van der Waals surface area contributed by atoms with Gasteiger partial charge in [-0.2, -0.15) is 16.3 Å². The van der Waals surface area contributed by atoms with Gasteiger partial charge in [-0.3, -0.25) is 9.59 Å².